The van der Waals surface area contributed by atoms with Crippen LogP contribution in [0.1, 0.15) is 84.0 Å². The molecule has 1 aliphatic heterocycles. The van der Waals surface area contributed by atoms with Gasteiger partial charge in [0.25, 0.3) is 0 Å². The molecule has 0 saturated carbocycles. The average molecular weight is 326 g/mol. The van der Waals surface area contributed by atoms with E-state index in [1.165, 1.54) is 0 Å². The molecule has 0 spiro atoms. The van der Waals surface area contributed by atoms with Crippen LogP contribution in [0.5, 0.6) is 0 Å². The highest BCUT2D eigenvalue weighted by Crippen LogP contribution is 2.27. The number of hydrogen-bond acceptors (Lipinski definition) is 4. The van der Waals surface area contributed by atoms with Crippen LogP contribution in [0.2, 0.25) is 0 Å². The van der Waals surface area contributed by atoms with E-state index >= 15 is 0 Å². The molecule has 132 valence electrons. The van der Waals surface area contributed by atoms with Gasteiger partial charge in [-0.1, -0.05) is 45.4 Å². The molecule has 0 aliphatic carbocycles. The number of unbranched alkanes of at least 4 members (excludes halogenated alkanes) is 7. The second-order valence-electron chi connectivity index (χ2n) is 6.38. The highest BCUT2D eigenvalue weighted by molar-refractivity contribution is 5.96. The summed E-state index contributed by atoms with van der Waals surface area (Å²) in [5, 5.41) is 8.52. The highest BCUT2D eigenvalue weighted by atomic mass is 16.6. The van der Waals surface area contributed by atoms with Gasteiger partial charge in [-0.05, 0) is 19.3 Å². The van der Waals surface area contributed by atoms with Crippen LogP contribution in [0.4, 0.5) is 0 Å². The molecule has 1 rings (SSSR count). The second kappa shape index (κ2) is 11.3. The molecule has 0 aromatic carbocycles. The van der Waals surface area contributed by atoms with Gasteiger partial charge in [0.2, 0.25) is 0 Å². The normalized spacial score (nSPS) is 19.5. The fourth-order valence-corrected chi connectivity index (χ4v) is 2.72. The van der Waals surface area contributed by atoms with Crippen molar-refractivity contribution >= 4 is 17.5 Å². The van der Waals surface area contributed by atoms with Crippen molar-refractivity contribution in [1.29, 1.82) is 0 Å². The summed E-state index contributed by atoms with van der Waals surface area (Å²) in [4.78, 5) is 34.1. The molecule has 2 atom stereocenters. The van der Waals surface area contributed by atoms with Gasteiger partial charge in [-0.25, -0.2) is 0 Å². The summed E-state index contributed by atoms with van der Waals surface area (Å²) in [6.45, 7) is 2.13. The van der Waals surface area contributed by atoms with Crippen molar-refractivity contribution in [1.82, 2.24) is 0 Å². The smallest absolute Gasteiger partial charge is 0.303 e. The van der Waals surface area contributed by atoms with Crippen molar-refractivity contribution in [2.75, 3.05) is 0 Å². The molecule has 0 aromatic heterocycles. The molecule has 0 radical (unpaired) electrons. The molecule has 1 heterocycles. The summed E-state index contributed by atoms with van der Waals surface area (Å²) in [6.07, 6.45) is 8.75. The van der Waals surface area contributed by atoms with Gasteiger partial charge in [-0.3, -0.25) is 14.4 Å². The van der Waals surface area contributed by atoms with E-state index in [1.807, 2.05) is 0 Å². The van der Waals surface area contributed by atoms with Gasteiger partial charge < -0.3 is 9.84 Å². The van der Waals surface area contributed by atoms with E-state index in [2.05, 4.69) is 6.92 Å². The van der Waals surface area contributed by atoms with Crippen molar-refractivity contribution in [2.45, 2.75) is 96.2 Å². The first-order chi connectivity index (χ1) is 11.1. The first-order valence-electron chi connectivity index (χ1n) is 8.99. The number of Topliss-reactive ketones (excluding diaryl/α,β-unsaturated/α-hetero) is 2. The van der Waals surface area contributed by atoms with Gasteiger partial charge >= 0.3 is 5.97 Å². The average Bonchev–Trinajstić information content (AvgIpc) is 3.30. The number of rotatable bonds is 15. The van der Waals surface area contributed by atoms with Crippen molar-refractivity contribution in [2.24, 2.45) is 0 Å². The number of hydrogen-bond donors (Lipinski definition) is 1. The molecule has 1 fully saturated rings. The number of carbonyl (C=O) groups is 3. The van der Waals surface area contributed by atoms with E-state index in [9.17, 15) is 14.4 Å². The zero-order chi connectivity index (χ0) is 17.1. The largest absolute Gasteiger partial charge is 0.481 e. The van der Waals surface area contributed by atoms with Crippen molar-refractivity contribution in [3.8, 4) is 0 Å². The van der Waals surface area contributed by atoms with Crippen molar-refractivity contribution in [3.63, 3.8) is 0 Å². The Morgan fingerprint density at radius 1 is 0.739 bits per heavy atom. The fraction of sp³-hybridized carbons (Fsp3) is 0.833. The molecule has 0 unspecified atom stereocenters. The van der Waals surface area contributed by atoms with Crippen LogP contribution in [-0.4, -0.2) is 34.9 Å². The summed E-state index contributed by atoms with van der Waals surface area (Å²) in [7, 11) is 0. The van der Waals surface area contributed by atoms with Crippen molar-refractivity contribution in [3.05, 3.63) is 0 Å². The number of aliphatic carboxylic acids is 1. The Labute approximate surface area is 138 Å². The summed E-state index contributed by atoms with van der Waals surface area (Å²) >= 11 is 0. The zero-order valence-corrected chi connectivity index (χ0v) is 14.2. The Bertz CT molecular complexity index is 391. The van der Waals surface area contributed by atoms with Crippen LogP contribution in [0.15, 0.2) is 0 Å². The molecule has 0 aromatic rings. The lowest BCUT2D eigenvalue weighted by molar-refractivity contribution is -0.137. The maximum Gasteiger partial charge on any atom is 0.303 e. The third kappa shape index (κ3) is 8.84. The first kappa shape index (κ1) is 19.8. The Morgan fingerprint density at radius 2 is 1.17 bits per heavy atom. The van der Waals surface area contributed by atoms with E-state index < -0.39 is 18.2 Å². The maximum atomic E-state index is 11.9. The molecule has 1 saturated heterocycles. The minimum atomic E-state index is -0.753. The Kier molecular flexibility index (Phi) is 9.76. The number of carboxylic acid groups (broad SMARTS) is 1. The lowest BCUT2D eigenvalue weighted by Gasteiger charge is -2.00. The molecule has 5 nitrogen and oxygen atoms in total. The topological polar surface area (TPSA) is 84.0 Å². The maximum absolute atomic E-state index is 11.9. The molecular formula is C18H30O5. The fourth-order valence-electron chi connectivity index (χ4n) is 2.72. The molecule has 1 aliphatic rings. The van der Waals surface area contributed by atoms with Gasteiger partial charge in [0, 0.05) is 19.3 Å². The van der Waals surface area contributed by atoms with Gasteiger partial charge in [0.1, 0.15) is 12.2 Å². The lowest BCUT2D eigenvalue weighted by Crippen LogP contribution is -2.16. The molecule has 23 heavy (non-hydrogen) atoms. The van der Waals surface area contributed by atoms with Gasteiger partial charge in [0.05, 0.1) is 0 Å². The van der Waals surface area contributed by atoms with Gasteiger partial charge in [-0.15, -0.1) is 0 Å². The zero-order valence-electron chi connectivity index (χ0n) is 14.2. The quantitative estimate of drug-likeness (QED) is 0.366. The van der Waals surface area contributed by atoms with Crippen molar-refractivity contribution < 1.29 is 24.2 Å². The van der Waals surface area contributed by atoms with E-state index in [0.29, 0.717) is 19.3 Å². The molecule has 0 amide bonds. The third-order valence-corrected chi connectivity index (χ3v) is 4.22. The van der Waals surface area contributed by atoms with Gasteiger partial charge in [0.15, 0.2) is 11.6 Å². The standard InChI is InChI=1S/C18H30O5/c1-2-3-4-8-11-14(19)17-18(23-17)15(20)12-9-6-5-7-10-13-16(21)22/h17-18H,2-13H2,1H3,(H,21,22)/t17-,18-/m0/s1. The lowest BCUT2D eigenvalue weighted by atomic mass is 10.0. The van der Waals surface area contributed by atoms with E-state index in [-0.39, 0.29) is 18.0 Å². The first-order valence-corrected chi connectivity index (χ1v) is 8.99. The van der Waals surface area contributed by atoms with Crippen LogP contribution >= 0.6 is 0 Å². The van der Waals surface area contributed by atoms with Crippen LogP contribution < -0.4 is 0 Å². The summed E-state index contributed by atoms with van der Waals surface area (Å²) < 4.78 is 5.26. The monoisotopic (exact) mass is 326 g/mol. The van der Waals surface area contributed by atoms with Crippen LogP contribution in [0.3, 0.4) is 0 Å². The number of ether oxygens (including phenoxy) is 1. The molecular weight excluding hydrogens is 296 g/mol. The number of carbonyl (C=O) groups excluding carboxylic acids is 2. The number of epoxide rings is 1. The second-order valence-corrected chi connectivity index (χ2v) is 6.38. The minimum Gasteiger partial charge on any atom is -0.481 e. The highest BCUT2D eigenvalue weighted by Gasteiger charge is 2.48. The molecule has 1 N–H and O–H groups in total. The van der Waals surface area contributed by atoms with E-state index in [0.717, 1.165) is 51.4 Å². The summed E-state index contributed by atoms with van der Waals surface area (Å²) in [5.41, 5.74) is 0. The number of ketones is 2. The predicted molar refractivity (Wildman–Crippen MR) is 87.4 cm³/mol. The minimum absolute atomic E-state index is 0.0439. The summed E-state index contributed by atoms with van der Waals surface area (Å²) in [6, 6.07) is 0. The Balaban J connectivity index is 2.00. The Morgan fingerprint density at radius 3 is 1.65 bits per heavy atom. The summed E-state index contributed by atoms with van der Waals surface area (Å²) in [5.74, 6) is -0.632. The van der Waals surface area contributed by atoms with E-state index in [1.54, 1.807) is 0 Å². The van der Waals surface area contributed by atoms with Crippen LogP contribution in [0.25, 0.3) is 0 Å². The predicted octanol–water partition coefficient (Wildman–Crippen LogP) is 3.68. The number of carboxylic acids is 1. The van der Waals surface area contributed by atoms with Crippen LogP contribution in [-0.2, 0) is 19.1 Å². The third-order valence-electron chi connectivity index (χ3n) is 4.22. The van der Waals surface area contributed by atoms with Gasteiger partial charge in [-0.2, -0.15) is 0 Å². The van der Waals surface area contributed by atoms with E-state index in [4.69, 9.17) is 9.84 Å². The molecule has 5 heteroatoms. The molecule has 0 bridgehead atoms. The SMILES string of the molecule is CCCCCCC(=O)[C@@H]1O[C@H]1C(=O)CCCCCCCC(=O)O. The van der Waals surface area contributed by atoms with Crippen LogP contribution in [0, 0.1) is 0 Å². The Hall–Kier alpha value is -1.23.